The van der Waals surface area contributed by atoms with E-state index in [9.17, 15) is 4.79 Å². The van der Waals surface area contributed by atoms with Crippen molar-refractivity contribution in [1.82, 2.24) is 4.98 Å². The van der Waals surface area contributed by atoms with Crippen LogP contribution in [0.2, 0.25) is 0 Å². The molecule has 5 heteroatoms. The van der Waals surface area contributed by atoms with Gasteiger partial charge >= 0.3 is 0 Å². The monoisotopic (exact) mass is 307 g/mol. The van der Waals surface area contributed by atoms with Crippen LogP contribution in [0.25, 0.3) is 11.5 Å². The van der Waals surface area contributed by atoms with Crippen LogP contribution in [0.15, 0.2) is 59.2 Å². The zero-order chi connectivity index (χ0) is 16.2. The van der Waals surface area contributed by atoms with Gasteiger partial charge < -0.3 is 15.5 Å². The summed E-state index contributed by atoms with van der Waals surface area (Å²) in [6.07, 6.45) is 2.30. The Bertz CT molecular complexity index is 822. The maximum atomic E-state index is 12.2. The number of benzene rings is 2. The van der Waals surface area contributed by atoms with Crippen LogP contribution < -0.4 is 11.1 Å². The van der Waals surface area contributed by atoms with Crippen LogP contribution in [0.3, 0.4) is 0 Å². The number of aryl methyl sites for hydroxylation is 1. The van der Waals surface area contributed by atoms with E-state index in [2.05, 4.69) is 17.2 Å². The minimum Gasteiger partial charge on any atom is -0.444 e. The number of nitrogens with one attached hydrogen (secondary N) is 1. The maximum Gasteiger partial charge on any atom is 0.277 e. The quantitative estimate of drug-likeness (QED) is 0.719. The minimum atomic E-state index is -0.312. The summed E-state index contributed by atoms with van der Waals surface area (Å²) >= 11 is 0. The first-order valence-corrected chi connectivity index (χ1v) is 7.37. The normalized spacial score (nSPS) is 10.5. The van der Waals surface area contributed by atoms with Crippen LogP contribution in [0.4, 0.5) is 11.4 Å². The van der Waals surface area contributed by atoms with E-state index in [4.69, 9.17) is 10.2 Å². The molecule has 0 aliphatic heterocycles. The van der Waals surface area contributed by atoms with Crippen LogP contribution >= 0.6 is 0 Å². The number of nitrogen functional groups attached to an aromatic ring is 1. The van der Waals surface area contributed by atoms with Gasteiger partial charge in [0.05, 0.1) is 0 Å². The molecule has 0 unspecified atom stereocenters. The van der Waals surface area contributed by atoms with Crippen LogP contribution in [-0.4, -0.2) is 10.9 Å². The Morgan fingerprint density at radius 2 is 2.00 bits per heavy atom. The lowest BCUT2D eigenvalue weighted by Gasteiger charge is -2.03. The Kier molecular flexibility index (Phi) is 4.10. The second-order valence-corrected chi connectivity index (χ2v) is 5.17. The number of aromatic nitrogens is 1. The molecule has 23 heavy (non-hydrogen) atoms. The molecule has 0 aliphatic carbocycles. The van der Waals surface area contributed by atoms with E-state index in [0.717, 1.165) is 17.7 Å². The van der Waals surface area contributed by atoms with Crippen molar-refractivity contribution in [1.29, 1.82) is 0 Å². The zero-order valence-corrected chi connectivity index (χ0v) is 12.7. The van der Waals surface area contributed by atoms with Crippen molar-refractivity contribution < 1.29 is 9.21 Å². The Labute approximate surface area is 134 Å². The fourth-order valence-corrected chi connectivity index (χ4v) is 2.20. The predicted molar refractivity (Wildman–Crippen MR) is 90.1 cm³/mol. The number of hydrogen-bond acceptors (Lipinski definition) is 4. The second kappa shape index (κ2) is 6.36. The number of nitrogens with two attached hydrogens (primary N) is 1. The Hall–Kier alpha value is -3.08. The van der Waals surface area contributed by atoms with Crippen molar-refractivity contribution in [3.8, 4) is 11.5 Å². The van der Waals surface area contributed by atoms with Gasteiger partial charge in [-0.15, -0.1) is 0 Å². The molecule has 0 spiro atoms. The third-order valence-electron chi connectivity index (χ3n) is 3.49. The van der Waals surface area contributed by atoms with Crippen molar-refractivity contribution in [2.45, 2.75) is 13.3 Å². The average Bonchev–Trinajstić information content (AvgIpc) is 3.06. The third kappa shape index (κ3) is 3.40. The number of rotatable bonds is 4. The average molecular weight is 307 g/mol. The number of oxazole rings is 1. The Morgan fingerprint density at radius 3 is 2.70 bits per heavy atom. The summed E-state index contributed by atoms with van der Waals surface area (Å²) in [6.45, 7) is 2.08. The fraction of sp³-hybridized carbons (Fsp3) is 0.111. The number of carbonyl (C=O) groups is 1. The van der Waals surface area contributed by atoms with Crippen LogP contribution in [0.1, 0.15) is 23.0 Å². The maximum absolute atomic E-state index is 12.2. The first-order valence-electron chi connectivity index (χ1n) is 7.37. The van der Waals surface area contributed by atoms with Crippen molar-refractivity contribution in [2.24, 2.45) is 0 Å². The van der Waals surface area contributed by atoms with Crippen molar-refractivity contribution in [2.75, 3.05) is 11.1 Å². The molecule has 0 aliphatic rings. The zero-order valence-electron chi connectivity index (χ0n) is 12.7. The number of anilines is 2. The molecule has 0 atom stereocenters. The Morgan fingerprint density at radius 1 is 1.22 bits per heavy atom. The lowest BCUT2D eigenvalue weighted by atomic mass is 10.1. The predicted octanol–water partition coefficient (Wildman–Crippen LogP) is 3.74. The van der Waals surface area contributed by atoms with Crippen molar-refractivity contribution >= 4 is 17.3 Å². The highest BCUT2D eigenvalue weighted by atomic mass is 16.3. The van der Waals surface area contributed by atoms with Gasteiger partial charge in [0.15, 0.2) is 5.69 Å². The van der Waals surface area contributed by atoms with Gasteiger partial charge in [0.2, 0.25) is 5.89 Å². The molecule has 1 amide bonds. The van der Waals surface area contributed by atoms with E-state index in [1.165, 1.54) is 11.8 Å². The van der Waals surface area contributed by atoms with Crippen LogP contribution in [0, 0.1) is 0 Å². The van der Waals surface area contributed by atoms with Gasteiger partial charge in [0.1, 0.15) is 6.26 Å². The van der Waals surface area contributed by atoms with Gasteiger partial charge in [0.25, 0.3) is 5.91 Å². The van der Waals surface area contributed by atoms with E-state index in [0.29, 0.717) is 11.6 Å². The van der Waals surface area contributed by atoms with E-state index < -0.39 is 0 Å². The van der Waals surface area contributed by atoms with E-state index in [1.807, 2.05) is 36.4 Å². The summed E-state index contributed by atoms with van der Waals surface area (Å²) in [4.78, 5) is 16.4. The standard InChI is InChI=1S/C18H17N3O2/c1-2-12-6-8-15(9-7-12)20-17(22)16-11-23-18(21-16)13-4-3-5-14(19)10-13/h3-11H,2,19H2,1H3,(H,20,22). The first kappa shape index (κ1) is 14.8. The molecule has 0 fully saturated rings. The number of nitrogens with zero attached hydrogens (tertiary/aromatic N) is 1. The van der Waals surface area contributed by atoms with Gasteiger partial charge in [0, 0.05) is 16.9 Å². The van der Waals surface area contributed by atoms with E-state index >= 15 is 0 Å². The van der Waals surface area contributed by atoms with Crippen LogP contribution in [0.5, 0.6) is 0 Å². The van der Waals surface area contributed by atoms with Gasteiger partial charge in [-0.2, -0.15) is 0 Å². The second-order valence-electron chi connectivity index (χ2n) is 5.17. The largest absolute Gasteiger partial charge is 0.444 e. The highest BCUT2D eigenvalue weighted by Crippen LogP contribution is 2.21. The molecule has 1 aromatic heterocycles. The summed E-state index contributed by atoms with van der Waals surface area (Å²) in [7, 11) is 0. The third-order valence-corrected chi connectivity index (χ3v) is 3.49. The van der Waals surface area contributed by atoms with Crippen molar-refractivity contribution in [3.63, 3.8) is 0 Å². The molecule has 0 saturated carbocycles. The molecule has 1 heterocycles. The highest BCUT2D eigenvalue weighted by Gasteiger charge is 2.13. The molecular formula is C18H17N3O2. The molecular weight excluding hydrogens is 290 g/mol. The van der Waals surface area contributed by atoms with Gasteiger partial charge in [-0.05, 0) is 42.3 Å². The summed E-state index contributed by atoms with van der Waals surface area (Å²) < 4.78 is 5.37. The molecule has 2 aromatic carbocycles. The van der Waals surface area contributed by atoms with E-state index in [-0.39, 0.29) is 11.6 Å². The SMILES string of the molecule is CCc1ccc(NC(=O)c2coc(-c3cccc(N)c3)n2)cc1. The van der Waals surface area contributed by atoms with Gasteiger partial charge in [-0.25, -0.2) is 4.98 Å². The smallest absolute Gasteiger partial charge is 0.277 e. The first-order chi connectivity index (χ1) is 11.2. The van der Waals surface area contributed by atoms with Gasteiger partial charge in [-0.3, -0.25) is 4.79 Å². The van der Waals surface area contributed by atoms with E-state index in [1.54, 1.807) is 12.1 Å². The lowest BCUT2D eigenvalue weighted by Crippen LogP contribution is -2.12. The minimum absolute atomic E-state index is 0.224. The van der Waals surface area contributed by atoms with Crippen LogP contribution in [-0.2, 0) is 6.42 Å². The molecule has 3 aromatic rings. The number of amides is 1. The molecule has 0 saturated heterocycles. The summed E-state index contributed by atoms with van der Waals surface area (Å²) in [5.74, 6) is 0.0527. The number of carbonyl (C=O) groups excluding carboxylic acids is 1. The molecule has 0 bridgehead atoms. The molecule has 3 N–H and O–H groups in total. The highest BCUT2D eigenvalue weighted by molar-refractivity contribution is 6.02. The lowest BCUT2D eigenvalue weighted by molar-refractivity contribution is 0.102. The van der Waals surface area contributed by atoms with Crippen molar-refractivity contribution in [3.05, 3.63) is 66.1 Å². The molecule has 3 rings (SSSR count). The summed E-state index contributed by atoms with van der Waals surface area (Å²) in [5.41, 5.74) is 9.25. The number of hydrogen-bond donors (Lipinski definition) is 2. The molecule has 116 valence electrons. The summed E-state index contributed by atoms with van der Waals surface area (Å²) in [5, 5.41) is 2.80. The molecule has 5 nitrogen and oxygen atoms in total. The topological polar surface area (TPSA) is 81.2 Å². The van der Waals surface area contributed by atoms with Gasteiger partial charge in [-0.1, -0.05) is 25.1 Å². The molecule has 0 radical (unpaired) electrons. The fourth-order valence-electron chi connectivity index (χ4n) is 2.20. The Balaban J connectivity index is 1.75. The summed E-state index contributed by atoms with van der Waals surface area (Å²) in [6, 6.07) is 14.9.